The highest BCUT2D eigenvalue weighted by molar-refractivity contribution is 8.03. The Morgan fingerprint density at radius 2 is 1.92 bits per heavy atom. The molecule has 0 spiro atoms. The van der Waals surface area contributed by atoms with Crippen molar-refractivity contribution in [2.45, 2.75) is 24.2 Å². The van der Waals surface area contributed by atoms with Crippen molar-refractivity contribution < 1.29 is 4.39 Å². The number of hydrogen-bond donors (Lipinski definition) is 0. The van der Waals surface area contributed by atoms with E-state index in [1.54, 1.807) is 11.8 Å². The highest BCUT2D eigenvalue weighted by atomic mass is 32.2. The van der Waals surface area contributed by atoms with Gasteiger partial charge in [0, 0.05) is 4.90 Å². The Morgan fingerprint density at radius 1 is 1.15 bits per heavy atom. The molecule has 0 saturated heterocycles. The van der Waals surface area contributed by atoms with Crippen molar-refractivity contribution in [3.05, 3.63) is 41.1 Å². The van der Waals surface area contributed by atoms with Gasteiger partial charge in [-0.25, -0.2) is 4.39 Å². The molecule has 0 atom stereocenters. The number of thioether (sulfide) groups is 1. The number of benzene rings is 1. The van der Waals surface area contributed by atoms with Crippen LogP contribution in [0.15, 0.2) is 40.1 Å². The average molecular weight is 194 g/mol. The summed E-state index contributed by atoms with van der Waals surface area (Å²) < 4.78 is 12.6. The van der Waals surface area contributed by atoms with E-state index < -0.39 is 0 Å². The molecule has 13 heavy (non-hydrogen) atoms. The van der Waals surface area contributed by atoms with Gasteiger partial charge >= 0.3 is 0 Å². The molecule has 68 valence electrons. The summed E-state index contributed by atoms with van der Waals surface area (Å²) in [6.07, 6.45) is 5.92. The fraction of sp³-hybridized carbons (Fsp3) is 0.273. The third kappa shape index (κ3) is 2.34. The van der Waals surface area contributed by atoms with Crippen LogP contribution in [0.1, 0.15) is 19.3 Å². The molecule has 0 radical (unpaired) electrons. The largest absolute Gasteiger partial charge is 0.207 e. The van der Waals surface area contributed by atoms with Gasteiger partial charge in [-0.2, -0.15) is 0 Å². The molecule has 2 heteroatoms. The second-order valence-electron chi connectivity index (χ2n) is 3.12. The predicted molar refractivity (Wildman–Crippen MR) is 54.2 cm³/mol. The van der Waals surface area contributed by atoms with Crippen LogP contribution in [-0.2, 0) is 0 Å². The fourth-order valence-corrected chi connectivity index (χ4v) is 2.41. The quantitative estimate of drug-likeness (QED) is 0.686. The molecule has 0 amide bonds. The Kier molecular flexibility index (Phi) is 2.69. The second-order valence-corrected chi connectivity index (χ2v) is 4.32. The normalized spacial score (nSPS) is 15.9. The summed E-state index contributed by atoms with van der Waals surface area (Å²) in [5.74, 6) is -0.162. The lowest BCUT2D eigenvalue weighted by Gasteiger charge is -2.00. The molecular formula is C11H11FS. The lowest BCUT2D eigenvalue weighted by atomic mass is 10.3. The van der Waals surface area contributed by atoms with Crippen LogP contribution in [-0.4, -0.2) is 0 Å². The first-order valence-electron chi connectivity index (χ1n) is 4.47. The smallest absolute Gasteiger partial charge is 0.123 e. The number of halogens is 1. The van der Waals surface area contributed by atoms with Gasteiger partial charge in [-0.1, -0.05) is 17.8 Å². The van der Waals surface area contributed by atoms with E-state index in [1.165, 1.54) is 36.3 Å². The third-order valence-electron chi connectivity index (χ3n) is 2.06. The van der Waals surface area contributed by atoms with Crippen molar-refractivity contribution >= 4 is 11.8 Å². The summed E-state index contributed by atoms with van der Waals surface area (Å²) in [5, 5.41) is 0. The summed E-state index contributed by atoms with van der Waals surface area (Å²) in [4.78, 5) is 2.56. The highest BCUT2D eigenvalue weighted by Crippen LogP contribution is 2.34. The number of allylic oxidation sites excluding steroid dienone is 2. The van der Waals surface area contributed by atoms with Crippen molar-refractivity contribution in [2.24, 2.45) is 0 Å². The van der Waals surface area contributed by atoms with Crippen LogP contribution in [0.25, 0.3) is 0 Å². The second kappa shape index (κ2) is 3.97. The van der Waals surface area contributed by atoms with Crippen LogP contribution in [0.4, 0.5) is 4.39 Å². The van der Waals surface area contributed by atoms with Crippen molar-refractivity contribution in [3.8, 4) is 0 Å². The lowest BCUT2D eigenvalue weighted by molar-refractivity contribution is 0.626. The third-order valence-corrected chi connectivity index (χ3v) is 3.20. The van der Waals surface area contributed by atoms with Gasteiger partial charge in [0.15, 0.2) is 0 Å². The van der Waals surface area contributed by atoms with E-state index in [2.05, 4.69) is 6.08 Å². The molecular weight excluding hydrogens is 183 g/mol. The van der Waals surface area contributed by atoms with E-state index in [0.29, 0.717) is 0 Å². The Morgan fingerprint density at radius 3 is 2.54 bits per heavy atom. The van der Waals surface area contributed by atoms with Crippen LogP contribution in [0.5, 0.6) is 0 Å². The monoisotopic (exact) mass is 194 g/mol. The van der Waals surface area contributed by atoms with Crippen molar-refractivity contribution in [1.82, 2.24) is 0 Å². The van der Waals surface area contributed by atoms with E-state index in [9.17, 15) is 4.39 Å². The first-order chi connectivity index (χ1) is 6.34. The van der Waals surface area contributed by atoms with Gasteiger partial charge in [-0.05, 0) is 48.4 Å². The summed E-state index contributed by atoms with van der Waals surface area (Å²) in [6, 6.07) is 6.69. The van der Waals surface area contributed by atoms with Crippen LogP contribution in [0.2, 0.25) is 0 Å². The number of rotatable bonds is 2. The van der Waals surface area contributed by atoms with Gasteiger partial charge in [-0.3, -0.25) is 0 Å². The van der Waals surface area contributed by atoms with Crippen LogP contribution < -0.4 is 0 Å². The summed E-state index contributed by atoms with van der Waals surface area (Å²) in [5.41, 5.74) is 0. The molecule has 0 heterocycles. The Bertz CT molecular complexity index is 313. The fourth-order valence-electron chi connectivity index (χ4n) is 1.39. The molecule has 1 aromatic carbocycles. The predicted octanol–water partition coefficient (Wildman–Crippen LogP) is 3.99. The van der Waals surface area contributed by atoms with E-state index in [0.717, 1.165) is 4.90 Å². The van der Waals surface area contributed by atoms with Crippen molar-refractivity contribution in [1.29, 1.82) is 0 Å². The minimum Gasteiger partial charge on any atom is -0.207 e. The van der Waals surface area contributed by atoms with Gasteiger partial charge in [0.05, 0.1) is 0 Å². The molecule has 0 unspecified atom stereocenters. The zero-order chi connectivity index (χ0) is 9.10. The maximum atomic E-state index is 12.6. The van der Waals surface area contributed by atoms with Crippen molar-refractivity contribution in [3.63, 3.8) is 0 Å². The molecule has 0 saturated carbocycles. The molecule has 2 rings (SSSR count). The van der Waals surface area contributed by atoms with Gasteiger partial charge in [0.1, 0.15) is 5.82 Å². The molecule has 1 aliphatic carbocycles. The van der Waals surface area contributed by atoms with Crippen LogP contribution in [0.3, 0.4) is 0 Å². The van der Waals surface area contributed by atoms with Crippen LogP contribution >= 0.6 is 11.8 Å². The minimum atomic E-state index is -0.162. The molecule has 0 aromatic heterocycles. The molecule has 0 fully saturated rings. The summed E-state index contributed by atoms with van der Waals surface area (Å²) >= 11 is 1.75. The first kappa shape index (κ1) is 8.82. The first-order valence-corrected chi connectivity index (χ1v) is 5.29. The molecule has 0 nitrogen and oxygen atoms in total. The highest BCUT2D eigenvalue weighted by Gasteiger charge is 2.05. The molecule has 0 bridgehead atoms. The SMILES string of the molecule is Fc1ccc(SC2=CCCC2)cc1. The average Bonchev–Trinajstić information content (AvgIpc) is 2.62. The topological polar surface area (TPSA) is 0 Å². The van der Waals surface area contributed by atoms with Crippen molar-refractivity contribution in [2.75, 3.05) is 0 Å². The number of hydrogen-bond acceptors (Lipinski definition) is 1. The summed E-state index contributed by atoms with van der Waals surface area (Å²) in [7, 11) is 0. The molecule has 1 aromatic rings. The molecule has 0 N–H and O–H groups in total. The lowest BCUT2D eigenvalue weighted by Crippen LogP contribution is -1.75. The Labute approximate surface area is 81.8 Å². The Hall–Kier alpha value is -0.760. The Balaban J connectivity index is 2.05. The molecule has 1 aliphatic rings. The maximum absolute atomic E-state index is 12.6. The van der Waals surface area contributed by atoms with E-state index in [4.69, 9.17) is 0 Å². The van der Waals surface area contributed by atoms with Gasteiger partial charge in [0.25, 0.3) is 0 Å². The van der Waals surface area contributed by atoms with Gasteiger partial charge in [0.2, 0.25) is 0 Å². The minimum absolute atomic E-state index is 0.162. The van der Waals surface area contributed by atoms with E-state index >= 15 is 0 Å². The summed E-state index contributed by atoms with van der Waals surface area (Å²) in [6.45, 7) is 0. The van der Waals surface area contributed by atoms with E-state index in [1.807, 2.05) is 12.1 Å². The van der Waals surface area contributed by atoms with E-state index in [-0.39, 0.29) is 5.82 Å². The standard InChI is InChI=1S/C11H11FS/c12-9-5-7-11(8-6-9)13-10-3-1-2-4-10/h3,5-8H,1-2,4H2. The molecule has 0 aliphatic heterocycles. The maximum Gasteiger partial charge on any atom is 0.123 e. The zero-order valence-corrected chi connectivity index (χ0v) is 8.11. The van der Waals surface area contributed by atoms with Gasteiger partial charge < -0.3 is 0 Å². The zero-order valence-electron chi connectivity index (χ0n) is 7.29. The van der Waals surface area contributed by atoms with Gasteiger partial charge in [-0.15, -0.1) is 0 Å². The van der Waals surface area contributed by atoms with Crippen LogP contribution in [0, 0.1) is 5.82 Å².